The van der Waals surface area contributed by atoms with Crippen LogP contribution in [-0.2, 0) is 9.53 Å². The topological polar surface area (TPSA) is 55.8 Å². The van der Waals surface area contributed by atoms with E-state index in [1.165, 1.54) is 7.11 Å². The Morgan fingerprint density at radius 3 is 2.57 bits per heavy atom. The normalized spacial score (nSPS) is 11.0. The number of carboxylic acids is 1. The molecule has 0 radical (unpaired) electrons. The van der Waals surface area contributed by atoms with Crippen molar-refractivity contribution in [2.24, 2.45) is 0 Å². The lowest BCUT2D eigenvalue weighted by molar-refractivity contribution is -0.131. The van der Waals surface area contributed by atoms with Gasteiger partial charge in [0.1, 0.15) is 17.3 Å². The number of methoxy groups -OCH3 is 1. The first-order valence-corrected chi connectivity index (χ1v) is 6.42. The third-order valence-electron chi connectivity index (χ3n) is 2.84. The van der Waals surface area contributed by atoms with Gasteiger partial charge in [0.2, 0.25) is 0 Å². The van der Waals surface area contributed by atoms with Crippen LogP contribution >= 0.6 is 0 Å². The summed E-state index contributed by atoms with van der Waals surface area (Å²) in [7, 11) is 1.43. The first kappa shape index (κ1) is 14.7. The molecule has 108 valence electrons. The predicted molar refractivity (Wildman–Crippen MR) is 80.3 cm³/mol. The molecule has 1 N–H and O–H groups in total. The first-order chi connectivity index (χ1) is 10.1. The fourth-order valence-electron chi connectivity index (χ4n) is 1.92. The van der Waals surface area contributed by atoms with Gasteiger partial charge >= 0.3 is 5.97 Å². The molecule has 0 heterocycles. The average molecular weight is 284 g/mol. The van der Waals surface area contributed by atoms with Crippen LogP contribution in [0.15, 0.2) is 54.6 Å². The van der Waals surface area contributed by atoms with E-state index in [9.17, 15) is 4.79 Å². The average Bonchev–Trinajstić information content (AvgIpc) is 2.45. The van der Waals surface area contributed by atoms with Gasteiger partial charge in [-0.1, -0.05) is 24.3 Å². The Morgan fingerprint density at radius 1 is 1.14 bits per heavy atom. The first-order valence-electron chi connectivity index (χ1n) is 6.42. The second-order valence-electron chi connectivity index (χ2n) is 4.47. The fourth-order valence-corrected chi connectivity index (χ4v) is 1.92. The van der Waals surface area contributed by atoms with Gasteiger partial charge in [0.15, 0.2) is 0 Å². The predicted octanol–water partition coefficient (Wildman–Crippen LogP) is 3.86. The molecular weight excluding hydrogens is 268 g/mol. The van der Waals surface area contributed by atoms with E-state index in [-0.39, 0.29) is 5.76 Å². The Hall–Kier alpha value is -2.75. The quantitative estimate of drug-likeness (QED) is 0.669. The molecule has 2 aromatic rings. The summed E-state index contributed by atoms with van der Waals surface area (Å²) < 4.78 is 11.0. The van der Waals surface area contributed by atoms with E-state index < -0.39 is 5.97 Å². The van der Waals surface area contributed by atoms with Gasteiger partial charge < -0.3 is 14.6 Å². The Morgan fingerprint density at radius 2 is 1.90 bits per heavy atom. The van der Waals surface area contributed by atoms with Crippen molar-refractivity contribution in [3.63, 3.8) is 0 Å². The lowest BCUT2D eigenvalue weighted by Crippen LogP contribution is -1.97. The molecule has 0 spiro atoms. The monoisotopic (exact) mass is 284 g/mol. The summed E-state index contributed by atoms with van der Waals surface area (Å²) in [6.45, 7) is 1.98. The number of aryl methyl sites for hydroxylation is 1. The van der Waals surface area contributed by atoms with Gasteiger partial charge in [-0.15, -0.1) is 0 Å². The van der Waals surface area contributed by atoms with Crippen LogP contribution in [0.4, 0.5) is 0 Å². The van der Waals surface area contributed by atoms with Crippen molar-refractivity contribution in [1.82, 2.24) is 0 Å². The minimum atomic E-state index is -1.07. The number of aliphatic carboxylic acids is 1. The lowest BCUT2D eigenvalue weighted by atomic mass is 10.1. The fraction of sp³-hybridized carbons (Fsp3) is 0.118. The molecule has 2 aromatic carbocycles. The van der Waals surface area contributed by atoms with E-state index in [1.54, 1.807) is 18.2 Å². The third kappa shape index (κ3) is 3.86. The maximum Gasteiger partial charge on any atom is 0.332 e. The molecule has 0 saturated heterocycles. The van der Waals surface area contributed by atoms with Crippen LogP contribution in [0.1, 0.15) is 11.1 Å². The molecule has 0 unspecified atom stereocenters. The number of benzene rings is 2. The van der Waals surface area contributed by atoms with Crippen LogP contribution in [-0.4, -0.2) is 18.2 Å². The largest absolute Gasteiger partial charge is 0.496 e. The molecule has 2 rings (SSSR count). The minimum absolute atomic E-state index is 0.241. The Kier molecular flexibility index (Phi) is 4.61. The van der Waals surface area contributed by atoms with Crippen LogP contribution in [0.5, 0.6) is 11.5 Å². The van der Waals surface area contributed by atoms with Gasteiger partial charge in [-0.05, 0) is 36.8 Å². The molecular formula is C17H16O4. The maximum atomic E-state index is 10.9. The summed E-state index contributed by atoms with van der Waals surface area (Å²) in [5.41, 5.74) is 1.67. The molecule has 21 heavy (non-hydrogen) atoms. The van der Waals surface area contributed by atoms with Gasteiger partial charge in [-0.3, -0.25) is 0 Å². The van der Waals surface area contributed by atoms with E-state index in [4.69, 9.17) is 14.6 Å². The van der Waals surface area contributed by atoms with E-state index >= 15 is 0 Å². The van der Waals surface area contributed by atoms with Crippen LogP contribution in [0, 0.1) is 6.92 Å². The van der Waals surface area contributed by atoms with Crippen LogP contribution < -0.4 is 4.74 Å². The van der Waals surface area contributed by atoms with E-state index in [2.05, 4.69) is 0 Å². The number of carbonyl (C=O) groups is 1. The zero-order valence-electron chi connectivity index (χ0n) is 11.9. The summed E-state index contributed by atoms with van der Waals surface area (Å²) in [5.74, 6) is 0.397. The lowest BCUT2D eigenvalue weighted by Gasteiger charge is -2.13. The molecule has 0 atom stereocenters. The summed E-state index contributed by atoms with van der Waals surface area (Å²) in [4.78, 5) is 10.9. The van der Waals surface area contributed by atoms with Crippen molar-refractivity contribution < 1.29 is 19.4 Å². The van der Waals surface area contributed by atoms with E-state index in [0.29, 0.717) is 17.1 Å². The highest BCUT2D eigenvalue weighted by atomic mass is 16.5. The Labute approximate surface area is 123 Å². The maximum absolute atomic E-state index is 10.9. The zero-order valence-corrected chi connectivity index (χ0v) is 11.9. The third-order valence-corrected chi connectivity index (χ3v) is 2.84. The number of ether oxygens (including phenoxy) is 2. The van der Waals surface area contributed by atoms with Crippen molar-refractivity contribution >= 4 is 11.7 Å². The Bertz CT molecular complexity index is 674. The van der Waals surface area contributed by atoms with Crippen molar-refractivity contribution in [1.29, 1.82) is 0 Å². The van der Waals surface area contributed by atoms with Gasteiger partial charge in [0.25, 0.3) is 0 Å². The molecule has 0 aliphatic carbocycles. The van der Waals surface area contributed by atoms with Gasteiger partial charge in [-0.25, -0.2) is 4.79 Å². The highest BCUT2D eigenvalue weighted by molar-refractivity contribution is 5.89. The molecule has 0 aliphatic rings. The van der Waals surface area contributed by atoms with E-state index in [0.717, 1.165) is 11.6 Å². The van der Waals surface area contributed by atoms with Crippen LogP contribution in [0.25, 0.3) is 5.76 Å². The number of para-hydroxylation sites is 1. The second kappa shape index (κ2) is 6.61. The number of rotatable bonds is 5. The molecule has 0 bridgehead atoms. The molecule has 0 fully saturated rings. The number of hydrogen-bond acceptors (Lipinski definition) is 3. The van der Waals surface area contributed by atoms with Crippen molar-refractivity contribution in [2.75, 3.05) is 7.11 Å². The SMILES string of the molecule is CO/C(=C\C(=O)O)c1ccccc1Oc1cccc(C)c1. The molecule has 4 heteroatoms. The minimum Gasteiger partial charge on any atom is -0.496 e. The van der Waals surface area contributed by atoms with Gasteiger partial charge in [0.05, 0.1) is 18.7 Å². The van der Waals surface area contributed by atoms with Crippen molar-refractivity contribution in [3.05, 3.63) is 65.7 Å². The van der Waals surface area contributed by atoms with Crippen LogP contribution in [0.3, 0.4) is 0 Å². The highest BCUT2D eigenvalue weighted by Crippen LogP contribution is 2.30. The summed E-state index contributed by atoms with van der Waals surface area (Å²) in [6.07, 6.45) is 1.01. The van der Waals surface area contributed by atoms with Crippen molar-refractivity contribution in [2.45, 2.75) is 6.92 Å². The summed E-state index contributed by atoms with van der Waals surface area (Å²) >= 11 is 0. The van der Waals surface area contributed by atoms with E-state index in [1.807, 2.05) is 37.3 Å². The summed E-state index contributed by atoms with van der Waals surface area (Å²) in [5, 5.41) is 8.90. The van der Waals surface area contributed by atoms with Crippen molar-refractivity contribution in [3.8, 4) is 11.5 Å². The highest BCUT2D eigenvalue weighted by Gasteiger charge is 2.11. The summed E-state index contributed by atoms with van der Waals surface area (Å²) in [6, 6.07) is 14.8. The smallest absolute Gasteiger partial charge is 0.332 e. The molecule has 0 amide bonds. The molecule has 0 saturated carbocycles. The van der Waals surface area contributed by atoms with Crippen LogP contribution in [0.2, 0.25) is 0 Å². The number of carboxylic acid groups (broad SMARTS) is 1. The van der Waals surface area contributed by atoms with Gasteiger partial charge in [-0.2, -0.15) is 0 Å². The standard InChI is InChI=1S/C17H16O4/c1-12-6-5-7-13(10-12)21-15-9-4-3-8-14(15)16(20-2)11-17(18)19/h3-11H,1-2H3,(H,18,19)/b16-11-. The second-order valence-corrected chi connectivity index (χ2v) is 4.47. The Balaban J connectivity index is 2.39. The molecule has 0 aromatic heterocycles. The number of hydrogen-bond donors (Lipinski definition) is 1. The van der Waals surface area contributed by atoms with Gasteiger partial charge in [0, 0.05) is 0 Å². The zero-order chi connectivity index (χ0) is 15.2. The molecule has 4 nitrogen and oxygen atoms in total. The molecule has 0 aliphatic heterocycles.